The van der Waals surface area contributed by atoms with Crippen LogP contribution < -0.4 is 4.90 Å². The van der Waals surface area contributed by atoms with Gasteiger partial charge < -0.3 is 0 Å². The third-order valence-electron chi connectivity index (χ3n) is 6.38. The van der Waals surface area contributed by atoms with Gasteiger partial charge in [0.25, 0.3) is 0 Å². The van der Waals surface area contributed by atoms with Crippen LogP contribution in [0.5, 0.6) is 0 Å². The van der Waals surface area contributed by atoms with Crippen molar-refractivity contribution < 1.29 is 35.5 Å². The van der Waals surface area contributed by atoms with Crippen LogP contribution in [0.1, 0.15) is 52.4 Å². The number of hydrogen-bond donors (Lipinski definition) is 0. The Balaban J connectivity index is 1.66. The van der Waals surface area contributed by atoms with Crippen LogP contribution >= 0.6 is 0 Å². The summed E-state index contributed by atoms with van der Waals surface area (Å²) in [6.45, 7) is 1.60. The Bertz CT molecular complexity index is 1420. The van der Waals surface area contributed by atoms with E-state index in [1.54, 1.807) is 19.1 Å². The van der Waals surface area contributed by atoms with Gasteiger partial charge in [-0.25, -0.2) is 4.39 Å². The number of nitrogens with zero attached hydrogens (tertiary/aromatic N) is 3. The van der Waals surface area contributed by atoms with Crippen LogP contribution in [-0.4, -0.2) is 22.6 Å². The molecule has 0 fully saturated rings. The van der Waals surface area contributed by atoms with E-state index in [0.29, 0.717) is 41.9 Å². The van der Waals surface area contributed by atoms with Gasteiger partial charge in [0.2, 0.25) is 5.91 Å². The fraction of sp³-hybridized carbons (Fsp3) is 0.321. The van der Waals surface area contributed by atoms with E-state index in [-0.39, 0.29) is 25.5 Å². The monoisotopic (exact) mass is 549 g/mol. The van der Waals surface area contributed by atoms with E-state index in [2.05, 4.69) is 22.0 Å². The van der Waals surface area contributed by atoms with Crippen molar-refractivity contribution in [1.82, 2.24) is 10.2 Å². The minimum absolute atomic E-state index is 0.0262. The second-order valence-corrected chi connectivity index (χ2v) is 9.11. The first-order valence-corrected chi connectivity index (χ1v) is 12.0. The standard InChI is InChI=1S/C28H22F7N3O/c1-17-6-10-21(37-36-17)5-3-2-4-14-38-25-13-9-20(29)15-18(25)7-11-23(26(38)39)22-12-8-19(27(30,31)32)16-24(22)28(33,34)35/h6,8-10,12-13,15-16,23H,3,5,7,11,14H2,1H3. The molecular weight excluding hydrogens is 527 g/mol. The molecular formula is C28H22F7N3O. The molecule has 0 bridgehead atoms. The van der Waals surface area contributed by atoms with Crippen LogP contribution in [0.25, 0.3) is 0 Å². The third kappa shape index (κ3) is 6.56. The zero-order chi connectivity index (χ0) is 28.4. The molecule has 204 valence electrons. The van der Waals surface area contributed by atoms with Gasteiger partial charge in [0.15, 0.2) is 0 Å². The third-order valence-corrected chi connectivity index (χ3v) is 6.38. The van der Waals surface area contributed by atoms with Crippen molar-refractivity contribution in [2.24, 2.45) is 0 Å². The molecule has 3 aromatic rings. The molecule has 1 aromatic heterocycles. The lowest BCUT2D eigenvalue weighted by atomic mass is 9.88. The molecule has 0 aliphatic carbocycles. The molecule has 4 rings (SSSR count). The number of hydrogen-bond acceptors (Lipinski definition) is 3. The zero-order valence-electron chi connectivity index (χ0n) is 20.6. The predicted molar refractivity (Wildman–Crippen MR) is 129 cm³/mol. The average Bonchev–Trinajstić information content (AvgIpc) is 2.99. The lowest BCUT2D eigenvalue weighted by Gasteiger charge is -2.26. The molecule has 2 aromatic carbocycles. The molecule has 39 heavy (non-hydrogen) atoms. The van der Waals surface area contributed by atoms with Crippen LogP contribution in [0.4, 0.5) is 36.4 Å². The molecule has 0 saturated carbocycles. The summed E-state index contributed by atoms with van der Waals surface area (Å²) in [5.41, 5.74) is -1.40. The summed E-state index contributed by atoms with van der Waals surface area (Å²) in [5, 5.41) is 8.00. The number of rotatable bonds is 4. The van der Waals surface area contributed by atoms with Crippen LogP contribution in [0.15, 0.2) is 48.5 Å². The zero-order valence-corrected chi connectivity index (χ0v) is 20.6. The van der Waals surface area contributed by atoms with E-state index in [1.165, 1.54) is 17.0 Å². The molecule has 0 saturated heterocycles. The van der Waals surface area contributed by atoms with E-state index >= 15 is 0 Å². The number of amides is 1. The highest BCUT2D eigenvalue weighted by Gasteiger charge is 2.42. The molecule has 0 N–H and O–H groups in total. The van der Waals surface area contributed by atoms with Gasteiger partial charge >= 0.3 is 12.4 Å². The van der Waals surface area contributed by atoms with Gasteiger partial charge in [-0.2, -0.15) is 36.5 Å². The fourth-order valence-corrected chi connectivity index (χ4v) is 4.46. The Hall–Kier alpha value is -3.94. The van der Waals surface area contributed by atoms with Crippen LogP contribution in [0.3, 0.4) is 0 Å². The van der Waals surface area contributed by atoms with Gasteiger partial charge in [-0.05, 0) is 73.4 Å². The molecule has 0 spiro atoms. The number of carbonyl (C=O) groups is 1. The molecule has 1 unspecified atom stereocenters. The summed E-state index contributed by atoms with van der Waals surface area (Å²) >= 11 is 0. The number of halogens is 7. The second-order valence-electron chi connectivity index (χ2n) is 9.11. The Morgan fingerprint density at radius 2 is 1.72 bits per heavy atom. The highest BCUT2D eigenvalue weighted by Crippen LogP contribution is 2.42. The molecule has 11 heteroatoms. The summed E-state index contributed by atoms with van der Waals surface area (Å²) in [6, 6.07) is 8.55. The second kappa shape index (κ2) is 11.0. The number of carbonyl (C=O) groups excluding carboxylic acids is 1. The van der Waals surface area contributed by atoms with Crippen LogP contribution in [0, 0.1) is 24.6 Å². The maximum absolute atomic E-state index is 14.0. The van der Waals surface area contributed by atoms with Gasteiger partial charge in [-0.1, -0.05) is 12.0 Å². The molecule has 2 heterocycles. The average molecular weight is 549 g/mol. The normalized spacial score (nSPS) is 15.8. The molecule has 1 atom stereocenters. The Labute approximate surface area is 219 Å². The van der Waals surface area contributed by atoms with Gasteiger partial charge in [-0.3, -0.25) is 9.69 Å². The molecule has 1 amide bonds. The minimum Gasteiger partial charge on any atom is -0.300 e. The largest absolute Gasteiger partial charge is 0.416 e. The van der Waals surface area contributed by atoms with Crippen LogP contribution in [-0.2, 0) is 30.0 Å². The Kier molecular flexibility index (Phi) is 7.95. The van der Waals surface area contributed by atoms with Crippen molar-refractivity contribution in [2.45, 2.75) is 50.9 Å². The smallest absolute Gasteiger partial charge is 0.300 e. The van der Waals surface area contributed by atoms with E-state index in [4.69, 9.17) is 0 Å². The summed E-state index contributed by atoms with van der Waals surface area (Å²) in [5.74, 6) is 2.98. The lowest BCUT2D eigenvalue weighted by molar-refractivity contribution is -0.143. The van der Waals surface area contributed by atoms with Crippen molar-refractivity contribution in [2.75, 3.05) is 11.4 Å². The van der Waals surface area contributed by atoms with E-state index < -0.39 is 46.7 Å². The molecule has 1 aliphatic rings. The van der Waals surface area contributed by atoms with Crippen molar-refractivity contribution >= 4 is 11.6 Å². The highest BCUT2D eigenvalue weighted by atomic mass is 19.4. The van der Waals surface area contributed by atoms with Crippen LogP contribution in [0.2, 0.25) is 0 Å². The number of fused-ring (bicyclic) bond motifs is 1. The summed E-state index contributed by atoms with van der Waals surface area (Å²) in [4.78, 5) is 14.8. The predicted octanol–water partition coefficient (Wildman–Crippen LogP) is 6.66. The first kappa shape index (κ1) is 28.1. The molecule has 4 nitrogen and oxygen atoms in total. The Morgan fingerprint density at radius 3 is 2.38 bits per heavy atom. The number of benzene rings is 2. The number of aryl methyl sites for hydroxylation is 3. The van der Waals surface area contributed by atoms with Crippen molar-refractivity contribution in [3.05, 3.63) is 88.0 Å². The first-order valence-electron chi connectivity index (χ1n) is 12.0. The van der Waals surface area contributed by atoms with Gasteiger partial charge in [0.05, 0.1) is 35.0 Å². The topological polar surface area (TPSA) is 46.1 Å². The fourth-order valence-electron chi connectivity index (χ4n) is 4.46. The van der Waals surface area contributed by atoms with E-state index in [0.717, 1.165) is 11.8 Å². The molecule has 1 aliphatic heterocycles. The van der Waals surface area contributed by atoms with E-state index in [1.807, 2.05) is 0 Å². The van der Waals surface area contributed by atoms with Gasteiger partial charge in [0.1, 0.15) is 5.82 Å². The summed E-state index contributed by atoms with van der Waals surface area (Å²) in [6.07, 6.45) is -9.38. The Morgan fingerprint density at radius 1 is 0.949 bits per heavy atom. The van der Waals surface area contributed by atoms with E-state index in [9.17, 15) is 35.5 Å². The maximum atomic E-state index is 14.0. The van der Waals surface area contributed by atoms with Gasteiger partial charge in [0, 0.05) is 18.5 Å². The summed E-state index contributed by atoms with van der Waals surface area (Å²) < 4.78 is 95.2. The van der Waals surface area contributed by atoms with Gasteiger partial charge in [-0.15, -0.1) is 5.92 Å². The van der Waals surface area contributed by atoms with Crippen molar-refractivity contribution in [3.63, 3.8) is 0 Å². The number of alkyl halides is 6. The van der Waals surface area contributed by atoms with Crippen molar-refractivity contribution in [1.29, 1.82) is 0 Å². The number of aromatic nitrogens is 2. The minimum atomic E-state index is -5.13. The quantitative estimate of drug-likeness (QED) is 0.270. The maximum Gasteiger partial charge on any atom is 0.416 e. The number of anilines is 1. The lowest BCUT2D eigenvalue weighted by Crippen LogP contribution is -2.35. The summed E-state index contributed by atoms with van der Waals surface area (Å²) in [7, 11) is 0. The highest BCUT2D eigenvalue weighted by molar-refractivity contribution is 6.00. The molecule has 0 radical (unpaired) electrons. The van der Waals surface area contributed by atoms with Crippen molar-refractivity contribution in [3.8, 4) is 11.8 Å². The SMILES string of the molecule is Cc1ccc(CCC#CCN2C(=O)C(c3ccc(C(F)(F)F)cc3C(F)(F)F)CCc3cc(F)ccc32)nn1. The first-order chi connectivity index (χ1) is 18.3.